The van der Waals surface area contributed by atoms with E-state index in [1.165, 1.54) is 27.9 Å². The standard InChI is InChI=1S/C28H27FN6O4/c29-19-6-4-18(5-7-19)28(11-1-2-12-28)16-30-25(37)22-15-35(33-32-22)20-8-3-17-14-34(27(39)21(17)13-20)23-9-10-24(36)31-26(23)38/h3-8,13,15,23H,1-2,9-12,14,16H2,(H,30,37)(H,31,36,38). The molecule has 2 aliphatic heterocycles. The smallest absolute Gasteiger partial charge is 0.273 e. The number of carbonyl (C=O) groups is 4. The van der Waals surface area contributed by atoms with E-state index in [0.717, 1.165) is 36.8 Å². The van der Waals surface area contributed by atoms with E-state index in [9.17, 15) is 23.6 Å². The number of hydrogen-bond acceptors (Lipinski definition) is 6. The summed E-state index contributed by atoms with van der Waals surface area (Å²) in [6, 6.07) is 11.0. The van der Waals surface area contributed by atoms with Gasteiger partial charge in [0.25, 0.3) is 11.8 Å². The fraction of sp³-hybridized carbons (Fsp3) is 0.357. The van der Waals surface area contributed by atoms with Crippen molar-refractivity contribution < 1.29 is 23.6 Å². The highest BCUT2D eigenvalue weighted by molar-refractivity contribution is 6.05. The normalized spacial score (nSPS) is 20.2. The van der Waals surface area contributed by atoms with Gasteiger partial charge in [-0.2, -0.15) is 0 Å². The van der Waals surface area contributed by atoms with E-state index in [1.54, 1.807) is 30.3 Å². The number of hydrogen-bond donors (Lipinski definition) is 2. The van der Waals surface area contributed by atoms with Crippen molar-refractivity contribution in [2.24, 2.45) is 0 Å². The molecule has 2 aromatic carbocycles. The monoisotopic (exact) mass is 530 g/mol. The Balaban J connectivity index is 1.15. The van der Waals surface area contributed by atoms with Crippen LogP contribution in [0.1, 0.15) is 70.5 Å². The first-order valence-electron chi connectivity index (χ1n) is 13.1. The molecule has 1 saturated heterocycles. The van der Waals surface area contributed by atoms with Crippen LogP contribution in [0.3, 0.4) is 0 Å². The van der Waals surface area contributed by atoms with Crippen LogP contribution in [0.15, 0.2) is 48.7 Å². The molecule has 0 radical (unpaired) electrons. The maximum atomic E-state index is 13.5. The lowest BCUT2D eigenvalue weighted by Crippen LogP contribution is -2.52. The molecular weight excluding hydrogens is 503 g/mol. The van der Waals surface area contributed by atoms with Crippen LogP contribution in [0.5, 0.6) is 0 Å². The van der Waals surface area contributed by atoms with Crippen molar-refractivity contribution in [1.29, 1.82) is 0 Å². The number of imide groups is 1. The molecule has 2 fully saturated rings. The molecule has 1 saturated carbocycles. The average molecular weight is 531 g/mol. The maximum absolute atomic E-state index is 13.5. The number of nitrogens with zero attached hydrogens (tertiary/aromatic N) is 4. The molecule has 0 bridgehead atoms. The number of benzene rings is 2. The zero-order valence-electron chi connectivity index (χ0n) is 21.2. The lowest BCUT2D eigenvalue weighted by atomic mass is 9.79. The number of aromatic nitrogens is 3. The van der Waals surface area contributed by atoms with Crippen molar-refractivity contribution in [1.82, 2.24) is 30.5 Å². The molecule has 0 spiro atoms. The Bertz CT molecular complexity index is 1480. The topological polar surface area (TPSA) is 126 Å². The van der Waals surface area contributed by atoms with Crippen molar-refractivity contribution in [3.05, 3.63) is 76.9 Å². The zero-order valence-corrected chi connectivity index (χ0v) is 21.2. The summed E-state index contributed by atoms with van der Waals surface area (Å²) in [4.78, 5) is 51.4. The fourth-order valence-electron chi connectivity index (χ4n) is 5.94. The van der Waals surface area contributed by atoms with Gasteiger partial charge < -0.3 is 10.2 Å². The average Bonchev–Trinajstić information content (AvgIpc) is 3.68. The minimum atomic E-state index is -0.689. The summed E-state index contributed by atoms with van der Waals surface area (Å²) >= 11 is 0. The number of fused-ring (bicyclic) bond motifs is 1. The lowest BCUT2D eigenvalue weighted by molar-refractivity contribution is -0.136. The summed E-state index contributed by atoms with van der Waals surface area (Å²) in [5.74, 6) is -1.73. The number of halogens is 1. The largest absolute Gasteiger partial charge is 0.350 e. The summed E-state index contributed by atoms with van der Waals surface area (Å²) < 4.78 is 14.9. The first-order chi connectivity index (χ1) is 18.8. The summed E-state index contributed by atoms with van der Waals surface area (Å²) in [6.45, 7) is 0.690. The van der Waals surface area contributed by atoms with Gasteiger partial charge in [0.2, 0.25) is 11.8 Å². The Hall–Kier alpha value is -4.41. The van der Waals surface area contributed by atoms with E-state index < -0.39 is 11.9 Å². The van der Waals surface area contributed by atoms with Crippen molar-refractivity contribution in [3.8, 4) is 5.69 Å². The highest BCUT2D eigenvalue weighted by Crippen LogP contribution is 2.40. The van der Waals surface area contributed by atoms with Crippen molar-refractivity contribution >= 4 is 23.6 Å². The highest BCUT2D eigenvalue weighted by Gasteiger charge is 2.39. The third-order valence-corrected chi connectivity index (χ3v) is 8.11. The van der Waals surface area contributed by atoms with Crippen LogP contribution < -0.4 is 10.6 Å². The summed E-state index contributed by atoms with van der Waals surface area (Å²) in [6.07, 6.45) is 5.89. The van der Waals surface area contributed by atoms with E-state index in [2.05, 4.69) is 20.9 Å². The summed E-state index contributed by atoms with van der Waals surface area (Å²) in [5.41, 5.74) is 2.68. The number of nitrogens with one attached hydrogen (secondary N) is 2. The Morgan fingerprint density at radius 1 is 1.10 bits per heavy atom. The minimum Gasteiger partial charge on any atom is -0.350 e. The van der Waals surface area contributed by atoms with Crippen molar-refractivity contribution in [3.63, 3.8) is 0 Å². The molecule has 200 valence electrons. The van der Waals surface area contributed by atoms with Gasteiger partial charge >= 0.3 is 0 Å². The van der Waals surface area contributed by atoms with E-state index in [0.29, 0.717) is 24.2 Å². The van der Waals surface area contributed by atoms with Gasteiger partial charge in [-0.05, 0) is 54.7 Å². The Morgan fingerprint density at radius 2 is 1.87 bits per heavy atom. The van der Waals surface area contributed by atoms with E-state index in [4.69, 9.17) is 0 Å². The second-order valence-electron chi connectivity index (χ2n) is 10.5. The van der Waals surface area contributed by atoms with Gasteiger partial charge in [-0.1, -0.05) is 36.3 Å². The molecule has 2 N–H and O–H groups in total. The van der Waals surface area contributed by atoms with Gasteiger partial charge in [-0.15, -0.1) is 5.10 Å². The number of rotatable bonds is 6. The maximum Gasteiger partial charge on any atom is 0.273 e. The molecule has 10 nitrogen and oxygen atoms in total. The molecular formula is C28H27FN6O4. The second-order valence-corrected chi connectivity index (χ2v) is 10.5. The van der Waals surface area contributed by atoms with Crippen LogP contribution in [0.4, 0.5) is 4.39 Å². The lowest BCUT2D eigenvalue weighted by Gasteiger charge is -2.29. The minimum absolute atomic E-state index is 0.138. The van der Waals surface area contributed by atoms with Crippen LogP contribution in [0.25, 0.3) is 5.69 Å². The number of amides is 4. The molecule has 3 aliphatic rings. The molecule has 39 heavy (non-hydrogen) atoms. The van der Waals surface area contributed by atoms with E-state index in [1.807, 2.05) is 0 Å². The van der Waals surface area contributed by atoms with Gasteiger partial charge in [-0.3, -0.25) is 24.5 Å². The van der Waals surface area contributed by atoms with Gasteiger partial charge in [0.05, 0.1) is 11.9 Å². The summed E-state index contributed by atoms with van der Waals surface area (Å²) in [7, 11) is 0. The van der Waals surface area contributed by atoms with E-state index in [-0.39, 0.29) is 47.6 Å². The van der Waals surface area contributed by atoms with Gasteiger partial charge in [0, 0.05) is 30.5 Å². The molecule has 1 aliphatic carbocycles. The van der Waals surface area contributed by atoms with E-state index >= 15 is 0 Å². The molecule has 6 rings (SSSR count). The predicted molar refractivity (Wildman–Crippen MR) is 136 cm³/mol. The van der Waals surface area contributed by atoms with Crippen molar-refractivity contribution in [2.45, 2.75) is 56.5 Å². The highest BCUT2D eigenvalue weighted by atomic mass is 19.1. The molecule has 4 amide bonds. The van der Waals surface area contributed by atoms with Crippen LogP contribution in [-0.2, 0) is 21.5 Å². The Labute approximate surface area is 223 Å². The SMILES string of the molecule is O=C1CCC(N2Cc3ccc(-n4cc(C(=O)NCC5(c6ccc(F)cc6)CCCC5)nn4)cc3C2=O)C(=O)N1. The fourth-order valence-corrected chi connectivity index (χ4v) is 5.94. The van der Waals surface area contributed by atoms with Crippen LogP contribution in [0.2, 0.25) is 0 Å². The van der Waals surface area contributed by atoms with Crippen LogP contribution in [0, 0.1) is 5.82 Å². The molecule has 1 unspecified atom stereocenters. The second kappa shape index (κ2) is 9.72. The van der Waals surface area contributed by atoms with Crippen LogP contribution >= 0.6 is 0 Å². The molecule has 11 heteroatoms. The Morgan fingerprint density at radius 3 is 2.62 bits per heavy atom. The van der Waals surface area contributed by atoms with Gasteiger partial charge in [-0.25, -0.2) is 9.07 Å². The van der Waals surface area contributed by atoms with Crippen molar-refractivity contribution in [2.75, 3.05) is 6.54 Å². The summed E-state index contributed by atoms with van der Waals surface area (Å²) in [5, 5.41) is 13.4. The van der Waals surface area contributed by atoms with Gasteiger partial charge in [0.15, 0.2) is 5.69 Å². The first-order valence-corrected chi connectivity index (χ1v) is 13.1. The number of piperidine rings is 1. The zero-order chi connectivity index (χ0) is 27.1. The molecule has 1 atom stereocenters. The molecule has 3 heterocycles. The predicted octanol–water partition coefficient (Wildman–Crippen LogP) is 2.41. The van der Waals surface area contributed by atoms with Gasteiger partial charge in [0.1, 0.15) is 11.9 Å². The first kappa shape index (κ1) is 24.9. The third-order valence-electron chi connectivity index (χ3n) is 8.11. The van der Waals surface area contributed by atoms with Crippen LogP contribution in [-0.4, -0.2) is 56.1 Å². The quantitative estimate of drug-likeness (QED) is 0.472. The third kappa shape index (κ3) is 4.58. The Kier molecular flexibility index (Phi) is 6.20. The molecule has 3 aromatic rings. The number of carbonyl (C=O) groups excluding carboxylic acids is 4. The molecule has 1 aromatic heterocycles.